The van der Waals surface area contributed by atoms with E-state index in [1.165, 1.54) is 0 Å². The van der Waals surface area contributed by atoms with Crippen LogP contribution in [-0.2, 0) is 4.79 Å². The summed E-state index contributed by atoms with van der Waals surface area (Å²) in [6.45, 7) is 1.96. The van der Waals surface area contributed by atoms with Crippen molar-refractivity contribution in [2.24, 2.45) is 5.16 Å². The SMILES string of the molecule is Cc1ccc2c(c1)/C(=N/O)CCC(=O)N2. The molecule has 1 aliphatic rings. The van der Waals surface area contributed by atoms with Crippen LogP contribution in [0.4, 0.5) is 5.69 Å². The number of carbonyl (C=O) groups excluding carboxylic acids is 1. The predicted molar refractivity (Wildman–Crippen MR) is 57.4 cm³/mol. The molecule has 0 bridgehead atoms. The van der Waals surface area contributed by atoms with E-state index in [0.29, 0.717) is 18.6 Å². The van der Waals surface area contributed by atoms with Gasteiger partial charge in [-0.3, -0.25) is 4.79 Å². The Labute approximate surface area is 87.6 Å². The minimum Gasteiger partial charge on any atom is -0.411 e. The summed E-state index contributed by atoms with van der Waals surface area (Å²) in [5.41, 5.74) is 3.16. The molecule has 0 radical (unpaired) electrons. The lowest BCUT2D eigenvalue weighted by Crippen LogP contribution is -2.09. The Balaban J connectivity index is 2.55. The molecule has 2 rings (SSSR count). The maximum Gasteiger partial charge on any atom is 0.224 e. The fourth-order valence-electron chi connectivity index (χ4n) is 1.69. The highest BCUT2D eigenvalue weighted by Gasteiger charge is 2.18. The maximum atomic E-state index is 11.3. The molecule has 0 aliphatic carbocycles. The number of hydrogen-bond donors (Lipinski definition) is 2. The van der Waals surface area contributed by atoms with Crippen molar-refractivity contribution in [3.8, 4) is 0 Å². The van der Waals surface area contributed by atoms with E-state index in [1.807, 2.05) is 25.1 Å². The summed E-state index contributed by atoms with van der Waals surface area (Å²) < 4.78 is 0. The second-order valence-electron chi connectivity index (χ2n) is 3.64. The average molecular weight is 204 g/mol. The first-order valence-corrected chi connectivity index (χ1v) is 4.82. The minimum absolute atomic E-state index is 0.0428. The van der Waals surface area contributed by atoms with E-state index in [1.54, 1.807) is 0 Å². The summed E-state index contributed by atoms with van der Waals surface area (Å²) in [6, 6.07) is 5.66. The van der Waals surface area contributed by atoms with Gasteiger partial charge in [0.2, 0.25) is 5.91 Å². The molecule has 0 unspecified atom stereocenters. The lowest BCUT2D eigenvalue weighted by molar-refractivity contribution is -0.116. The van der Waals surface area contributed by atoms with Crippen LogP contribution in [0.2, 0.25) is 0 Å². The highest BCUT2D eigenvalue weighted by Crippen LogP contribution is 2.23. The van der Waals surface area contributed by atoms with Gasteiger partial charge in [-0.15, -0.1) is 0 Å². The largest absolute Gasteiger partial charge is 0.411 e. The molecule has 1 aromatic carbocycles. The molecule has 4 heteroatoms. The maximum absolute atomic E-state index is 11.3. The van der Waals surface area contributed by atoms with Crippen LogP contribution in [0.3, 0.4) is 0 Å². The van der Waals surface area contributed by atoms with Crippen LogP contribution in [-0.4, -0.2) is 16.8 Å². The molecule has 78 valence electrons. The van der Waals surface area contributed by atoms with E-state index >= 15 is 0 Å². The molecule has 0 aromatic heterocycles. The highest BCUT2D eigenvalue weighted by molar-refractivity contribution is 6.11. The van der Waals surface area contributed by atoms with Gasteiger partial charge < -0.3 is 10.5 Å². The van der Waals surface area contributed by atoms with Crippen LogP contribution < -0.4 is 5.32 Å². The molecule has 0 saturated heterocycles. The summed E-state index contributed by atoms with van der Waals surface area (Å²) >= 11 is 0. The molecular formula is C11H12N2O2. The Morgan fingerprint density at radius 2 is 2.20 bits per heavy atom. The third-order valence-electron chi connectivity index (χ3n) is 2.47. The molecule has 15 heavy (non-hydrogen) atoms. The summed E-state index contributed by atoms with van der Waals surface area (Å²) in [5.74, 6) is -0.0428. The van der Waals surface area contributed by atoms with Crippen molar-refractivity contribution in [3.05, 3.63) is 29.3 Å². The molecule has 4 nitrogen and oxygen atoms in total. The number of anilines is 1. The van der Waals surface area contributed by atoms with Crippen molar-refractivity contribution in [1.82, 2.24) is 0 Å². The van der Waals surface area contributed by atoms with Crippen molar-refractivity contribution in [2.45, 2.75) is 19.8 Å². The van der Waals surface area contributed by atoms with Gasteiger partial charge in [-0.2, -0.15) is 0 Å². The first kappa shape index (κ1) is 9.71. The molecular weight excluding hydrogens is 192 g/mol. The Bertz CT molecular complexity index is 438. The topological polar surface area (TPSA) is 61.7 Å². The Hall–Kier alpha value is -1.84. The van der Waals surface area contributed by atoms with Crippen LogP contribution in [0.15, 0.2) is 23.4 Å². The lowest BCUT2D eigenvalue weighted by atomic mass is 10.0. The molecule has 0 spiro atoms. The second kappa shape index (κ2) is 3.73. The Morgan fingerprint density at radius 3 is 2.93 bits per heavy atom. The van der Waals surface area contributed by atoms with Crippen molar-refractivity contribution in [2.75, 3.05) is 5.32 Å². The van der Waals surface area contributed by atoms with Gasteiger partial charge in [0.1, 0.15) is 0 Å². The van der Waals surface area contributed by atoms with Gasteiger partial charge in [0, 0.05) is 24.1 Å². The number of benzene rings is 1. The van der Waals surface area contributed by atoms with Crippen molar-refractivity contribution in [1.29, 1.82) is 0 Å². The summed E-state index contributed by atoms with van der Waals surface area (Å²) in [5, 5.41) is 14.9. The minimum atomic E-state index is -0.0428. The number of nitrogens with one attached hydrogen (secondary N) is 1. The zero-order valence-corrected chi connectivity index (χ0v) is 8.45. The lowest BCUT2D eigenvalue weighted by Gasteiger charge is -2.07. The van der Waals surface area contributed by atoms with E-state index in [2.05, 4.69) is 10.5 Å². The molecule has 0 fully saturated rings. The van der Waals surface area contributed by atoms with Gasteiger partial charge in [-0.1, -0.05) is 16.8 Å². The molecule has 1 aromatic rings. The first-order chi connectivity index (χ1) is 7.20. The average Bonchev–Trinajstić information content (AvgIpc) is 2.37. The van der Waals surface area contributed by atoms with Crippen molar-refractivity contribution < 1.29 is 10.0 Å². The van der Waals surface area contributed by atoms with Gasteiger partial charge in [0.15, 0.2) is 0 Å². The summed E-state index contributed by atoms with van der Waals surface area (Å²) in [6.07, 6.45) is 0.825. The Kier molecular flexibility index (Phi) is 2.41. The number of nitrogens with zero attached hydrogens (tertiary/aromatic N) is 1. The van der Waals surface area contributed by atoms with E-state index in [4.69, 9.17) is 5.21 Å². The van der Waals surface area contributed by atoms with Crippen LogP contribution in [0.1, 0.15) is 24.0 Å². The smallest absolute Gasteiger partial charge is 0.224 e. The fraction of sp³-hybridized carbons (Fsp3) is 0.273. The summed E-state index contributed by atoms with van der Waals surface area (Å²) in [4.78, 5) is 11.3. The number of oxime groups is 1. The number of aryl methyl sites for hydroxylation is 1. The molecule has 1 heterocycles. The quantitative estimate of drug-likeness (QED) is 0.501. The molecule has 1 aliphatic heterocycles. The number of amides is 1. The summed E-state index contributed by atoms with van der Waals surface area (Å²) in [7, 11) is 0. The highest BCUT2D eigenvalue weighted by atomic mass is 16.4. The van der Waals surface area contributed by atoms with E-state index < -0.39 is 0 Å². The van der Waals surface area contributed by atoms with Crippen LogP contribution in [0, 0.1) is 6.92 Å². The Morgan fingerprint density at radius 1 is 1.40 bits per heavy atom. The standard InChI is InChI=1S/C11H12N2O2/c1-7-2-3-9-8(6-7)10(13-15)4-5-11(14)12-9/h2-3,6,15H,4-5H2,1H3,(H,12,14)/b13-10+. The number of rotatable bonds is 0. The third kappa shape index (κ3) is 1.83. The number of carbonyl (C=O) groups is 1. The monoisotopic (exact) mass is 204 g/mol. The van der Waals surface area contributed by atoms with Crippen LogP contribution >= 0.6 is 0 Å². The zero-order valence-electron chi connectivity index (χ0n) is 8.45. The predicted octanol–water partition coefficient (Wildman–Crippen LogP) is 1.91. The van der Waals surface area contributed by atoms with Crippen molar-refractivity contribution in [3.63, 3.8) is 0 Å². The van der Waals surface area contributed by atoms with Gasteiger partial charge in [0.05, 0.1) is 5.71 Å². The number of hydrogen-bond acceptors (Lipinski definition) is 3. The van der Waals surface area contributed by atoms with Crippen molar-refractivity contribution >= 4 is 17.3 Å². The van der Waals surface area contributed by atoms with Gasteiger partial charge in [0.25, 0.3) is 0 Å². The second-order valence-corrected chi connectivity index (χ2v) is 3.64. The normalized spacial score (nSPS) is 18.2. The zero-order chi connectivity index (χ0) is 10.8. The van der Waals surface area contributed by atoms with E-state index in [0.717, 1.165) is 16.8 Å². The number of fused-ring (bicyclic) bond motifs is 1. The fourth-order valence-corrected chi connectivity index (χ4v) is 1.69. The molecule has 0 atom stereocenters. The third-order valence-corrected chi connectivity index (χ3v) is 2.47. The van der Waals surface area contributed by atoms with Gasteiger partial charge >= 0.3 is 0 Å². The van der Waals surface area contributed by atoms with Crippen LogP contribution in [0.25, 0.3) is 0 Å². The molecule has 2 N–H and O–H groups in total. The van der Waals surface area contributed by atoms with Crippen LogP contribution in [0.5, 0.6) is 0 Å². The van der Waals surface area contributed by atoms with Gasteiger partial charge in [-0.05, 0) is 19.1 Å². The van der Waals surface area contributed by atoms with E-state index in [9.17, 15) is 4.79 Å². The first-order valence-electron chi connectivity index (χ1n) is 4.82. The molecule has 0 saturated carbocycles. The van der Waals surface area contributed by atoms with Gasteiger partial charge in [-0.25, -0.2) is 0 Å². The molecule has 1 amide bonds. The van der Waals surface area contributed by atoms with E-state index in [-0.39, 0.29) is 5.91 Å².